The predicted molar refractivity (Wildman–Crippen MR) is 122 cm³/mol. The van der Waals surface area contributed by atoms with Crippen LogP contribution in [0.3, 0.4) is 0 Å². The molecule has 0 aliphatic rings. The Bertz CT molecular complexity index is 1410. The van der Waals surface area contributed by atoms with Crippen LogP contribution in [-0.2, 0) is 20.0 Å². The molecule has 0 radical (unpaired) electrons. The molecule has 0 saturated carbocycles. The van der Waals surface area contributed by atoms with E-state index in [0.717, 1.165) is 12.1 Å². The minimum absolute atomic E-state index is 0.0778. The smallest absolute Gasteiger partial charge is 0.272 e. The van der Waals surface area contributed by atoms with Crippen molar-refractivity contribution in [2.75, 3.05) is 9.44 Å². The summed E-state index contributed by atoms with van der Waals surface area (Å²) in [4.78, 5) is 10.1. The molecule has 0 unspecified atom stereocenters. The second-order valence-electron chi connectivity index (χ2n) is 6.85. The van der Waals surface area contributed by atoms with Gasteiger partial charge < -0.3 is 0 Å². The number of sulfonamides is 2. The normalized spacial score (nSPS) is 11.7. The van der Waals surface area contributed by atoms with Gasteiger partial charge in [0.25, 0.3) is 25.7 Å². The van der Waals surface area contributed by atoms with E-state index in [-0.39, 0.29) is 26.7 Å². The van der Waals surface area contributed by atoms with E-state index in [1.165, 1.54) is 37.3 Å². The lowest BCUT2D eigenvalue weighted by atomic mass is 10.2. The van der Waals surface area contributed by atoms with Gasteiger partial charge in [-0.3, -0.25) is 19.6 Å². The molecule has 0 saturated heterocycles. The Balaban J connectivity index is 1.81. The van der Waals surface area contributed by atoms with E-state index < -0.39 is 25.0 Å². The minimum atomic E-state index is -4.04. The van der Waals surface area contributed by atoms with Crippen LogP contribution in [0.25, 0.3) is 0 Å². The van der Waals surface area contributed by atoms with Crippen LogP contribution in [0, 0.1) is 24.0 Å². The first-order valence-electron chi connectivity index (χ1n) is 9.06. The zero-order valence-corrected chi connectivity index (χ0v) is 19.3. The molecular weight excluding hydrogens is 478 g/mol. The summed E-state index contributed by atoms with van der Waals surface area (Å²) in [5, 5.41) is 11.3. The topological polar surface area (TPSA) is 135 Å². The second-order valence-corrected chi connectivity index (χ2v) is 10.6. The molecule has 3 aromatic carbocycles. The first-order chi connectivity index (χ1) is 14.9. The van der Waals surface area contributed by atoms with Crippen molar-refractivity contribution < 1.29 is 21.8 Å². The Morgan fingerprint density at radius 1 is 0.844 bits per heavy atom. The van der Waals surface area contributed by atoms with E-state index in [2.05, 4.69) is 9.44 Å². The first kappa shape index (κ1) is 23.5. The molecule has 0 heterocycles. The number of rotatable bonds is 7. The van der Waals surface area contributed by atoms with E-state index in [1.54, 1.807) is 25.1 Å². The van der Waals surface area contributed by atoms with Crippen LogP contribution in [0.2, 0.25) is 5.02 Å². The first-order valence-corrected chi connectivity index (χ1v) is 12.4. The highest BCUT2D eigenvalue weighted by Gasteiger charge is 2.20. The quantitative estimate of drug-likeness (QED) is 0.366. The number of hydrogen-bond acceptors (Lipinski definition) is 6. The van der Waals surface area contributed by atoms with Gasteiger partial charge in [0.1, 0.15) is 0 Å². The van der Waals surface area contributed by atoms with Crippen molar-refractivity contribution in [3.05, 3.63) is 86.9 Å². The van der Waals surface area contributed by atoms with Gasteiger partial charge in [0.15, 0.2) is 0 Å². The zero-order chi connectivity index (χ0) is 23.7. The third kappa shape index (κ3) is 5.01. The van der Waals surface area contributed by atoms with Gasteiger partial charge in [-0.15, -0.1) is 0 Å². The maximum Gasteiger partial charge on any atom is 0.272 e. The summed E-state index contributed by atoms with van der Waals surface area (Å²) < 4.78 is 55.3. The fourth-order valence-electron chi connectivity index (χ4n) is 2.84. The second kappa shape index (κ2) is 8.77. The van der Waals surface area contributed by atoms with E-state index in [9.17, 15) is 26.9 Å². The molecule has 32 heavy (non-hydrogen) atoms. The minimum Gasteiger partial charge on any atom is -0.280 e. The Morgan fingerprint density at radius 2 is 1.44 bits per heavy atom. The number of nitro groups is 1. The molecule has 9 nitrogen and oxygen atoms in total. The van der Waals surface area contributed by atoms with Crippen molar-refractivity contribution in [3.63, 3.8) is 0 Å². The molecule has 0 aromatic heterocycles. The van der Waals surface area contributed by atoms with E-state index >= 15 is 0 Å². The average molecular weight is 496 g/mol. The van der Waals surface area contributed by atoms with Gasteiger partial charge in [0.05, 0.1) is 20.4 Å². The van der Waals surface area contributed by atoms with Crippen molar-refractivity contribution >= 4 is 48.7 Å². The number of nitrogens with zero attached hydrogens (tertiary/aromatic N) is 1. The van der Waals surface area contributed by atoms with Gasteiger partial charge >= 0.3 is 0 Å². The number of nitro benzene ring substituents is 1. The number of nitrogens with one attached hydrogen (secondary N) is 2. The molecule has 3 rings (SSSR count). The number of anilines is 2. The summed E-state index contributed by atoms with van der Waals surface area (Å²) in [5.74, 6) is 0. The van der Waals surface area contributed by atoms with E-state index in [0.29, 0.717) is 16.3 Å². The van der Waals surface area contributed by atoms with Crippen molar-refractivity contribution in [3.8, 4) is 0 Å². The standard InChI is InChI=1S/C20H18ClN3O6S2/c1-13-12-17(10-11-20(13)24(25)26)32(29,30)22-15-6-8-16(9-7-15)31(27,28)23-19-5-3-4-18(21)14(19)2/h3-12,22-23H,1-2H3. The van der Waals surface area contributed by atoms with Crippen LogP contribution >= 0.6 is 11.6 Å². The summed E-state index contributed by atoms with van der Waals surface area (Å²) in [5.41, 5.74) is 1.03. The lowest BCUT2D eigenvalue weighted by molar-refractivity contribution is -0.385. The van der Waals surface area contributed by atoms with Gasteiger partial charge in [0.2, 0.25) is 0 Å². The Kier molecular flexibility index (Phi) is 6.44. The average Bonchev–Trinajstić information content (AvgIpc) is 2.71. The lowest BCUT2D eigenvalue weighted by Crippen LogP contribution is -2.15. The molecule has 0 spiro atoms. The molecule has 0 atom stereocenters. The van der Waals surface area contributed by atoms with E-state index in [1.807, 2.05) is 0 Å². The predicted octanol–water partition coefficient (Wildman–Crippen LogP) is 4.47. The number of benzene rings is 3. The van der Waals surface area contributed by atoms with E-state index in [4.69, 9.17) is 11.6 Å². The van der Waals surface area contributed by atoms with Gasteiger partial charge in [-0.05, 0) is 67.9 Å². The third-order valence-electron chi connectivity index (χ3n) is 4.60. The third-order valence-corrected chi connectivity index (χ3v) is 7.77. The molecule has 0 aliphatic carbocycles. The number of halogens is 1. The maximum atomic E-state index is 12.7. The molecule has 168 valence electrons. The highest BCUT2D eigenvalue weighted by atomic mass is 35.5. The molecule has 0 bridgehead atoms. The Labute approximate surface area is 190 Å². The highest BCUT2D eigenvalue weighted by Crippen LogP contribution is 2.27. The van der Waals surface area contributed by atoms with Crippen LogP contribution in [0.5, 0.6) is 0 Å². The highest BCUT2D eigenvalue weighted by molar-refractivity contribution is 7.93. The maximum absolute atomic E-state index is 12.7. The molecule has 0 fully saturated rings. The number of hydrogen-bond donors (Lipinski definition) is 2. The van der Waals surface area contributed by atoms with Crippen LogP contribution < -0.4 is 9.44 Å². The summed E-state index contributed by atoms with van der Waals surface area (Å²) in [6.45, 7) is 3.11. The molecule has 0 aliphatic heterocycles. The summed E-state index contributed by atoms with van der Waals surface area (Å²) in [6, 6.07) is 13.4. The number of aryl methyl sites for hydroxylation is 1. The van der Waals surface area contributed by atoms with Crippen molar-refractivity contribution in [2.45, 2.75) is 23.6 Å². The summed E-state index contributed by atoms with van der Waals surface area (Å²) in [6.07, 6.45) is 0. The van der Waals surface area contributed by atoms with Crippen LogP contribution in [0.15, 0.2) is 70.5 Å². The SMILES string of the molecule is Cc1cc(S(=O)(=O)Nc2ccc(S(=O)(=O)Nc3cccc(Cl)c3C)cc2)ccc1[N+](=O)[O-]. The fourth-order valence-corrected chi connectivity index (χ4v) is 5.28. The van der Waals surface area contributed by atoms with Crippen LogP contribution in [0.1, 0.15) is 11.1 Å². The van der Waals surface area contributed by atoms with Gasteiger partial charge in [0, 0.05) is 22.3 Å². The molecule has 2 N–H and O–H groups in total. The molecular formula is C20H18ClN3O6S2. The monoisotopic (exact) mass is 495 g/mol. The van der Waals surface area contributed by atoms with Gasteiger partial charge in [-0.1, -0.05) is 17.7 Å². The Hall–Kier alpha value is -3.15. The van der Waals surface area contributed by atoms with Crippen molar-refractivity contribution in [1.82, 2.24) is 0 Å². The van der Waals surface area contributed by atoms with Crippen molar-refractivity contribution in [1.29, 1.82) is 0 Å². The van der Waals surface area contributed by atoms with Gasteiger partial charge in [-0.2, -0.15) is 0 Å². The Morgan fingerprint density at radius 3 is 2.03 bits per heavy atom. The van der Waals surface area contributed by atoms with Gasteiger partial charge in [-0.25, -0.2) is 16.8 Å². The zero-order valence-electron chi connectivity index (χ0n) is 16.9. The largest absolute Gasteiger partial charge is 0.280 e. The summed E-state index contributed by atoms with van der Waals surface area (Å²) in [7, 11) is -7.97. The van der Waals surface area contributed by atoms with Crippen LogP contribution in [-0.4, -0.2) is 21.8 Å². The molecule has 12 heteroatoms. The fraction of sp³-hybridized carbons (Fsp3) is 0.100. The molecule has 3 aromatic rings. The lowest BCUT2D eigenvalue weighted by Gasteiger charge is -2.12. The summed E-state index contributed by atoms with van der Waals surface area (Å²) >= 11 is 6.02. The van der Waals surface area contributed by atoms with Crippen LogP contribution in [0.4, 0.5) is 17.1 Å². The molecule has 0 amide bonds. The van der Waals surface area contributed by atoms with Crippen molar-refractivity contribution in [2.24, 2.45) is 0 Å².